The van der Waals surface area contributed by atoms with Gasteiger partial charge in [0.05, 0.1) is 11.7 Å². The van der Waals surface area contributed by atoms with E-state index in [4.69, 9.17) is 10.2 Å². The van der Waals surface area contributed by atoms with E-state index in [0.29, 0.717) is 11.3 Å². The first-order chi connectivity index (χ1) is 9.72. The molecule has 6 heteroatoms. The Labute approximate surface area is 125 Å². The Bertz CT molecular complexity index is 763. The fraction of sp³-hybridized carbons (Fsp3) is 0.333. The topological polar surface area (TPSA) is 85.3 Å². The SMILES string of the molecule is Cc1ccc(C(C)NS(=O)(=O)c2c(N)ccc(C)c2C)o1. The maximum atomic E-state index is 12.6. The zero-order valence-electron chi connectivity index (χ0n) is 12.6. The molecule has 0 radical (unpaired) electrons. The molecule has 3 N–H and O–H groups in total. The van der Waals surface area contributed by atoms with E-state index >= 15 is 0 Å². The van der Waals surface area contributed by atoms with Crippen molar-refractivity contribution >= 4 is 15.7 Å². The van der Waals surface area contributed by atoms with Crippen LogP contribution in [0.25, 0.3) is 0 Å². The predicted molar refractivity (Wildman–Crippen MR) is 82.5 cm³/mol. The van der Waals surface area contributed by atoms with Crippen molar-refractivity contribution in [2.75, 3.05) is 5.73 Å². The molecule has 2 aromatic rings. The summed E-state index contributed by atoms with van der Waals surface area (Å²) in [6.45, 7) is 7.15. The van der Waals surface area contributed by atoms with Gasteiger partial charge in [-0.05, 0) is 57.0 Å². The molecule has 0 aliphatic rings. The second-order valence-electron chi connectivity index (χ2n) is 5.22. The molecule has 1 atom stereocenters. The maximum absolute atomic E-state index is 12.6. The third-order valence-corrected chi connectivity index (χ3v) is 5.24. The number of nitrogens with one attached hydrogen (secondary N) is 1. The van der Waals surface area contributed by atoms with E-state index in [1.54, 1.807) is 32.0 Å². The van der Waals surface area contributed by atoms with Crippen molar-refractivity contribution in [3.63, 3.8) is 0 Å². The minimum atomic E-state index is -3.72. The number of hydrogen-bond acceptors (Lipinski definition) is 4. The lowest BCUT2D eigenvalue weighted by molar-refractivity contribution is 0.441. The van der Waals surface area contributed by atoms with Crippen LogP contribution in [0.5, 0.6) is 0 Å². The van der Waals surface area contributed by atoms with Gasteiger partial charge in [0.25, 0.3) is 0 Å². The van der Waals surface area contributed by atoms with E-state index in [1.807, 2.05) is 19.9 Å². The van der Waals surface area contributed by atoms with E-state index in [-0.39, 0.29) is 10.6 Å². The van der Waals surface area contributed by atoms with Gasteiger partial charge in [-0.3, -0.25) is 0 Å². The van der Waals surface area contributed by atoms with Crippen LogP contribution in [0.4, 0.5) is 5.69 Å². The molecule has 0 amide bonds. The lowest BCUT2D eigenvalue weighted by atomic mass is 10.1. The average molecular weight is 308 g/mol. The van der Waals surface area contributed by atoms with Gasteiger partial charge in [0.2, 0.25) is 10.0 Å². The fourth-order valence-corrected chi connectivity index (χ4v) is 3.85. The van der Waals surface area contributed by atoms with E-state index in [1.165, 1.54) is 0 Å². The van der Waals surface area contributed by atoms with Gasteiger partial charge in [0.1, 0.15) is 16.4 Å². The number of furan rings is 1. The molecule has 1 aromatic carbocycles. The van der Waals surface area contributed by atoms with Crippen molar-refractivity contribution < 1.29 is 12.8 Å². The van der Waals surface area contributed by atoms with Gasteiger partial charge in [-0.15, -0.1) is 0 Å². The molecule has 0 saturated heterocycles. The average Bonchev–Trinajstić information content (AvgIpc) is 2.80. The van der Waals surface area contributed by atoms with Crippen LogP contribution in [0, 0.1) is 20.8 Å². The number of hydrogen-bond donors (Lipinski definition) is 2. The van der Waals surface area contributed by atoms with Gasteiger partial charge >= 0.3 is 0 Å². The molecular formula is C15H20N2O3S. The van der Waals surface area contributed by atoms with Crippen molar-refractivity contribution in [1.82, 2.24) is 4.72 Å². The molecule has 114 valence electrons. The molecule has 0 aliphatic heterocycles. The quantitative estimate of drug-likeness (QED) is 0.850. The summed E-state index contributed by atoms with van der Waals surface area (Å²) in [4.78, 5) is 0.137. The summed E-state index contributed by atoms with van der Waals surface area (Å²) in [5.74, 6) is 1.31. The summed E-state index contributed by atoms with van der Waals surface area (Å²) in [5, 5.41) is 0. The minimum absolute atomic E-state index is 0.137. The Morgan fingerprint density at radius 1 is 1.14 bits per heavy atom. The van der Waals surface area contributed by atoms with E-state index in [0.717, 1.165) is 11.3 Å². The van der Waals surface area contributed by atoms with Crippen molar-refractivity contribution in [2.45, 2.75) is 38.6 Å². The van der Waals surface area contributed by atoms with Crippen molar-refractivity contribution in [3.8, 4) is 0 Å². The zero-order valence-corrected chi connectivity index (χ0v) is 13.4. The lowest BCUT2D eigenvalue weighted by Crippen LogP contribution is -2.28. The number of anilines is 1. The van der Waals surface area contributed by atoms with Crippen LogP contribution in [-0.4, -0.2) is 8.42 Å². The molecule has 1 heterocycles. The molecule has 0 saturated carbocycles. The Kier molecular flexibility index (Phi) is 4.11. The number of aryl methyl sites for hydroxylation is 2. The van der Waals surface area contributed by atoms with Gasteiger partial charge in [-0.25, -0.2) is 13.1 Å². The number of benzene rings is 1. The number of nitrogens with two attached hydrogens (primary N) is 1. The second-order valence-corrected chi connectivity index (χ2v) is 6.87. The summed E-state index contributed by atoms with van der Waals surface area (Å²) in [7, 11) is -3.72. The van der Waals surface area contributed by atoms with Crippen LogP contribution in [0.1, 0.15) is 35.6 Å². The van der Waals surface area contributed by atoms with Gasteiger partial charge in [-0.1, -0.05) is 6.07 Å². The van der Waals surface area contributed by atoms with Gasteiger partial charge in [0, 0.05) is 0 Å². The van der Waals surface area contributed by atoms with Gasteiger partial charge in [-0.2, -0.15) is 0 Å². The highest BCUT2D eigenvalue weighted by Crippen LogP contribution is 2.27. The number of nitrogen functional groups attached to an aromatic ring is 1. The van der Waals surface area contributed by atoms with Crippen molar-refractivity contribution in [2.24, 2.45) is 0 Å². The smallest absolute Gasteiger partial charge is 0.243 e. The molecule has 0 fully saturated rings. The van der Waals surface area contributed by atoms with Gasteiger partial charge in [0.15, 0.2) is 0 Å². The van der Waals surface area contributed by atoms with Crippen LogP contribution in [0.2, 0.25) is 0 Å². The first kappa shape index (κ1) is 15.6. The monoisotopic (exact) mass is 308 g/mol. The van der Waals surface area contributed by atoms with E-state index in [2.05, 4.69) is 4.72 Å². The molecular weight excluding hydrogens is 288 g/mol. The standard InChI is InChI=1S/C15H20N2O3S/c1-9-5-7-13(16)15(11(9)3)21(18,19)17-12(4)14-8-6-10(2)20-14/h5-8,12,17H,16H2,1-4H3. The Morgan fingerprint density at radius 2 is 1.81 bits per heavy atom. The highest BCUT2D eigenvalue weighted by atomic mass is 32.2. The molecule has 21 heavy (non-hydrogen) atoms. The summed E-state index contributed by atoms with van der Waals surface area (Å²) < 4.78 is 33.2. The van der Waals surface area contributed by atoms with E-state index in [9.17, 15) is 8.42 Å². The summed E-state index contributed by atoms with van der Waals surface area (Å²) in [6, 6.07) is 6.51. The van der Waals surface area contributed by atoms with Crippen LogP contribution in [0.3, 0.4) is 0 Å². The van der Waals surface area contributed by atoms with Crippen molar-refractivity contribution in [1.29, 1.82) is 0 Å². The lowest BCUT2D eigenvalue weighted by Gasteiger charge is -2.16. The highest BCUT2D eigenvalue weighted by molar-refractivity contribution is 7.89. The Balaban J connectivity index is 2.37. The predicted octanol–water partition coefficient (Wildman–Crippen LogP) is 2.83. The molecule has 0 aliphatic carbocycles. The maximum Gasteiger partial charge on any atom is 0.243 e. The number of sulfonamides is 1. The molecule has 0 spiro atoms. The van der Waals surface area contributed by atoms with Crippen LogP contribution in [-0.2, 0) is 10.0 Å². The molecule has 5 nitrogen and oxygen atoms in total. The van der Waals surface area contributed by atoms with Gasteiger partial charge < -0.3 is 10.2 Å². The third-order valence-electron chi connectivity index (χ3n) is 3.50. The van der Waals surface area contributed by atoms with Crippen LogP contribution < -0.4 is 10.5 Å². The third kappa shape index (κ3) is 3.11. The number of rotatable bonds is 4. The molecule has 2 rings (SSSR count). The first-order valence-corrected chi connectivity index (χ1v) is 8.15. The van der Waals surface area contributed by atoms with E-state index < -0.39 is 16.1 Å². The minimum Gasteiger partial charge on any atom is -0.465 e. The summed E-state index contributed by atoms with van der Waals surface area (Å²) in [6.07, 6.45) is 0. The Hall–Kier alpha value is -1.79. The summed E-state index contributed by atoms with van der Waals surface area (Å²) >= 11 is 0. The normalized spacial score (nSPS) is 13.3. The van der Waals surface area contributed by atoms with Crippen LogP contribution >= 0.6 is 0 Å². The second kappa shape index (κ2) is 5.54. The largest absolute Gasteiger partial charge is 0.465 e. The van der Waals surface area contributed by atoms with Crippen molar-refractivity contribution in [3.05, 3.63) is 46.9 Å². The first-order valence-electron chi connectivity index (χ1n) is 6.66. The van der Waals surface area contributed by atoms with Crippen LogP contribution in [0.15, 0.2) is 33.6 Å². The highest BCUT2D eigenvalue weighted by Gasteiger charge is 2.24. The Morgan fingerprint density at radius 3 is 2.38 bits per heavy atom. The molecule has 1 unspecified atom stereocenters. The fourth-order valence-electron chi connectivity index (χ4n) is 2.20. The molecule has 0 bridgehead atoms. The molecule has 1 aromatic heterocycles. The summed E-state index contributed by atoms with van der Waals surface area (Å²) in [5.41, 5.74) is 7.63. The zero-order chi connectivity index (χ0) is 15.8.